The second kappa shape index (κ2) is 2.90. The first-order chi connectivity index (χ1) is 6.46. The molecule has 2 N–H and O–H groups in total. The molecule has 2 aliphatic rings. The van der Waals surface area contributed by atoms with Crippen LogP contribution in [0.15, 0.2) is 0 Å². The van der Waals surface area contributed by atoms with Gasteiger partial charge in [0.05, 0.1) is 12.1 Å². The summed E-state index contributed by atoms with van der Waals surface area (Å²) in [5.74, 6) is -2.92. The van der Waals surface area contributed by atoms with Crippen molar-refractivity contribution >= 4 is 0 Å². The molecule has 0 heterocycles. The number of hydrogen-bond donors (Lipinski definition) is 1. The highest BCUT2D eigenvalue weighted by Gasteiger charge is 2.56. The largest absolute Gasteiger partial charge is 0.316 e. The van der Waals surface area contributed by atoms with Gasteiger partial charge >= 0.3 is 0 Å². The maximum Gasteiger partial charge on any atom is 0.249 e. The van der Waals surface area contributed by atoms with Crippen molar-refractivity contribution in [2.75, 3.05) is 0 Å². The smallest absolute Gasteiger partial charge is 0.249 e. The van der Waals surface area contributed by atoms with Crippen molar-refractivity contribution in [1.82, 2.24) is 0 Å². The fraction of sp³-hybridized carbons (Fsp3) is 0.900. The van der Waals surface area contributed by atoms with E-state index in [1.807, 2.05) is 6.07 Å². The van der Waals surface area contributed by atoms with Crippen molar-refractivity contribution in [2.45, 2.75) is 44.1 Å². The molecule has 2 atom stereocenters. The van der Waals surface area contributed by atoms with Gasteiger partial charge in [0.25, 0.3) is 0 Å². The molecule has 0 amide bonds. The molecule has 0 aromatic rings. The fourth-order valence-corrected chi connectivity index (χ4v) is 2.62. The minimum Gasteiger partial charge on any atom is -0.316 e. The van der Waals surface area contributed by atoms with Gasteiger partial charge in [-0.1, -0.05) is 0 Å². The van der Waals surface area contributed by atoms with Crippen LogP contribution in [-0.2, 0) is 0 Å². The Morgan fingerprint density at radius 1 is 1.36 bits per heavy atom. The Labute approximate surface area is 82.1 Å². The van der Waals surface area contributed by atoms with Gasteiger partial charge in [-0.2, -0.15) is 5.26 Å². The maximum absolute atomic E-state index is 13.3. The van der Waals surface area contributed by atoms with Crippen LogP contribution in [0.1, 0.15) is 32.1 Å². The topological polar surface area (TPSA) is 49.8 Å². The highest BCUT2D eigenvalue weighted by molar-refractivity contribution is 5.06. The van der Waals surface area contributed by atoms with Crippen LogP contribution >= 0.6 is 0 Å². The molecular weight excluding hydrogens is 186 g/mol. The normalized spacial score (nSPS) is 34.9. The molecule has 2 rings (SSSR count). The van der Waals surface area contributed by atoms with Crippen LogP contribution in [0.2, 0.25) is 0 Å². The summed E-state index contributed by atoms with van der Waals surface area (Å²) in [6.07, 6.45) is 2.30. The summed E-state index contributed by atoms with van der Waals surface area (Å²) in [6.45, 7) is 0. The monoisotopic (exact) mass is 200 g/mol. The zero-order chi connectivity index (χ0) is 10.4. The predicted molar refractivity (Wildman–Crippen MR) is 47.5 cm³/mol. The van der Waals surface area contributed by atoms with Crippen LogP contribution < -0.4 is 5.73 Å². The van der Waals surface area contributed by atoms with Gasteiger partial charge in [0, 0.05) is 12.8 Å². The molecule has 0 unspecified atom stereocenters. The molecule has 1 spiro atoms. The maximum atomic E-state index is 13.3. The Bertz CT molecular complexity index is 272. The van der Waals surface area contributed by atoms with Crippen molar-refractivity contribution in [2.24, 2.45) is 17.1 Å². The molecule has 2 fully saturated rings. The summed E-state index contributed by atoms with van der Waals surface area (Å²) >= 11 is 0. The minimum absolute atomic E-state index is 0.00858. The van der Waals surface area contributed by atoms with E-state index in [0.29, 0.717) is 0 Å². The first-order valence-electron chi connectivity index (χ1n) is 4.99. The third kappa shape index (κ3) is 1.74. The molecule has 0 aromatic carbocycles. The van der Waals surface area contributed by atoms with Crippen molar-refractivity contribution in [3.63, 3.8) is 0 Å². The summed E-state index contributed by atoms with van der Waals surface area (Å²) in [5.41, 5.74) is 5.36. The Morgan fingerprint density at radius 3 is 2.50 bits per heavy atom. The van der Waals surface area contributed by atoms with Crippen LogP contribution in [0.4, 0.5) is 8.78 Å². The van der Waals surface area contributed by atoms with E-state index in [-0.39, 0.29) is 24.2 Å². The van der Waals surface area contributed by atoms with Crippen LogP contribution in [-0.4, -0.2) is 12.0 Å². The van der Waals surface area contributed by atoms with Gasteiger partial charge in [0.1, 0.15) is 0 Å². The van der Waals surface area contributed by atoms with E-state index in [1.165, 1.54) is 0 Å². The summed E-state index contributed by atoms with van der Waals surface area (Å²) in [7, 11) is 0. The first kappa shape index (κ1) is 9.85. The number of alkyl halides is 2. The lowest BCUT2D eigenvalue weighted by Gasteiger charge is -2.36. The summed E-state index contributed by atoms with van der Waals surface area (Å²) < 4.78 is 26.6. The Kier molecular flexibility index (Phi) is 2.04. The minimum atomic E-state index is -2.60. The van der Waals surface area contributed by atoms with Crippen LogP contribution in [0.25, 0.3) is 0 Å². The Morgan fingerprint density at radius 2 is 2.00 bits per heavy atom. The third-order valence-electron chi connectivity index (χ3n) is 3.50. The number of rotatable bonds is 1. The SMILES string of the molecule is N#C[C@@H](N)[C@@H]1CC(F)(F)CC2(CC2)C1. The molecule has 0 bridgehead atoms. The predicted octanol–water partition coefficient (Wildman–Crippen LogP) is 2.05. The fourth-order valence-electron chi connectivity index (χ4n) is 2.62. The number of halogens is 2. The molecule has 78 valence electrons. The van der Waals surface area contributed by atoms with E-state index in [2.05, 4.69) is 0 Å². The second-order valence-corrected chi connectivity index (χ2v) is 4.86. The summed E-state index contributed by atoms with van der Waals surface area (Å²) in [4.78, 5) is 0. The number of nitriles is 1. The van der Waals surface area contributed by atoms with Gasteiger partial charge in [-0.15, -0.1) is 0 Å². The van der Waals surface area contributed by atoms with Gasteiger partial charge in [0.2, 0.25) is 5.92 Å². The van der Waals surface area contributed by atoms with Gasteiger partial charge in [-0.05, 0) is 30.6 Å². The van der Waals surface area contributed by atoms with Crippen LogP contribution in [0.5, 0.6) is 0 Å². The van der Waals surface area contributed by atoms with E-state index < -0.39 is 12.0 Å². The molecule has 2 saturated carbocycles. The van der Waals surface area contributed by atoms with E-state index in [1.54, 1.807) is 0 Å². The molecular formula is C10H14F2N2. The van der Waals surface area contributed by atoms with Crippen LogP contribution in [0, 0.1) is 22.7 Å². The lowest BCUT2D eigenvalue weighted by Crippen LogP contribution is -2.40. The highest BCUT2D eigenvalue weighted by Crippen LogP contribution is 2.61. The van der Waals surface area contributed by atoms with Crippen molar-refractivity contribution in [3.05, 3.63) is 0 Å². The molecule has 2 nitrogen and oxygen atoms in total. The second-order valence-electron chi connectivity index (χ2n) is 4.86. The van der Waals surface area contributed by atoms with E-state index in [9.17, 15) is 8.78 Å². The molecule has 0 radical (unpaired) electrons. The third-order valence-corrected chi connectivity index (χ3v) is 3.50. The lowest BCUT2D eigenvalue weighted by molar-refractivity contribution is -0.0797. The highest BCUT2D eigenvalue weighted by atomic mass is 19.3. The van der Waals surface area contributed by atoms with Crippen molar-refractivity contribution in [3.8, 4) is 6.07 Å². The average Bonchev–Trinajstić information content (AvgIpc) is 2.80. The van der Waals surface area contributed by atoms with Gasteiger partial charge in [0.15, 0.2) is 0 Å². The van der Waals surface area contributed by atoms with E-state index in [0.717, 1.165) is 19.3 Å². The molecule has 4 heteroatoms. The quantitative estimate of drug-likeness (QED) is 0.704. The van der Waals surface area contributed by atoms with Gasteiger partial charge in [-0.25, -0.2) is 8.78 Å². The zero-order valence-electron chi connectivity index (χ0n) is 7.97. The lowest BCUT2D eigenvalue weighted by atomic mass is 9.74. The average molecular weight is 200 g/mol. The molecule has 0 aromatic heterocycles. The van der Waals surface area contributed by atoms with Gasteiger partial charge < -0.3 is 5.73 Å². The Hall–Kier alpha value is -0.690. The van der Waals surface area contributed by atoms with Crippen molar-refractivity contribution in [1.29, 1.82) is 5.26 Å². The van der Waals surface area contributed by atoms with Gasteiger partial charge in [-0.3, -0.25) is 0 Å². The first-order valence-corrected chi connectivity index (χ1v) is 4.99. The zero-order valence-corrected chi connectivity index (χ0v) is 7.97. The molecule has 0 saturated heterocycles. The summed E-state index contributed by atoms with van der Waals surface area (Å²) in [5, 5.41) is 8.63. The number of hydrogen-bond acceptors (Lipinski definition) is 2. The summed E-state index contributed by atoms with van der Waals surface area (Å²) in [6, 6.07) is 1.16. The molecule has 0 aliphatic heterocycles. The Balaban J connectivity index is 2.10. The van der Waals surface area contributed by atoms with E-state index in [4.69, 9.17) is 11.0 Å². The van der Waals surface area contributed by atoms with Crippen LogP contribution in [0.3, 0.4) is 0 Å². The van der Waals surface area contributed by atoms with Crippen molar-refractivity contribution < 1.29 is 8.78 Å². The molecule has 2 aliphatic carbocycles. The standard InChI is InChI=1S/C10H14F2N2/c11-10(12)4-7(8(14)5-13)3-9(6-10)1-2-9/h7-8H,1-4,6,14H2/t7-,8+/m0/s1. The number of nitrogens with two attached hydrogens (primary N) is 1. The molecule has 14 heavy (non-hydrogen) atoms. The number of nitrogens with zero attached hydrogens (tertiary/aromatic N) is 1. The van der Waals surface area contributed by atoms with E-state index >= 15 is 0 Å².